The summed E-state index contributed by atoms with van der Waals surface area (Å²) in [5, 5.41) is 18.5. The number of ether oxygens (including phenoxy) is 1. The molecule has 0 saturated heterocycles. The number of hydrogen-bond acceptors (Lipinski definition) is 5. The van der Waals surface area contributed by atoms with Crippen molar-refractivity contribution in [2.45, 2.75) is 12.2 Å². The molecule has 0 aromatic rings. The molecule has 0 aromatic heterocycles. The van der Waals surface area contributed by atoms with Gasteiger partial charge in [-0.05, 0) is 0 Å². The van der Waals surface area contributed by atoms with Crippen molar-refractivity contribution in [3.63, 3.8) is 0 Å². The third-order valence-electron chi connectivity index (χ3n) is 2.01. The SMILES string of the molecule is CN=C(N)/N=C\N(C=O)CC(O)C(CO)OC. The van der Waals surface area contributed by atoms with Crippen LogP contribution in [0.2, 0.25) is 0 Å². The number of carbonyl (C=O) groups excluding carboxylic acids is 1. The number of aliphatic imine (C=N–C) groups is 2. The number of amides is 1. The van der Waals surface area contributed by atoms with Gasteiger partial charge >= 0.3 is 0 Å². The zero-order valence-corrected chi connectivity index (χ0v) is 9.85. The second-order valence-electron chi connectivity index (χ2n) is 3.15. The van der Waals surface area contributed by atoms with Crippen molar-refractivity contribution >= 4 is 18.7 Å². The van der Waals surface area contributed by atoms with Crippen LogP contribution < -0.4 is 5.73 Å². The number of carbonyl (C=O) groups is 1. The van der Waals surface area contributed by atoms with Crippen molar-refractivity contribution in [1.29, 1.82) is 0 Å². The smallest absolute Gasteiger partial charge is 0.216 e. The number of aliphatic hydroxyl groups is 2. The van der Waals surface area contributed by atoms with Crippen LogP contribution in [0.25, 0.3) is 0 Å². The third kappa shape index (κ3) is 5.95. The number of aliphatic hydroxyl groups excluding tert-OH is 2. The average molecular weight is 246 g/mol. The highest BCUT2D eigenvalue weighted by Crippen LogP contribution is 1.99. The second-order valence-corrected chi connectivity index (χ2v) is 3.15. The predicted octanol–water partition coefficient (Wildman–Crippen LogP) is -2.21. The molecule has 0 heterocycles. The molecular formula is C9H18N4O4. The number of rotatable bonds is 7. The fraction of sp³-hybridized carbons (Fsp3) is 0.667. The number of nitrogens with zero attached hydrogens (tertiary/aromatic N) is 3. The first-order valence-corrected chi connectivity index (χ1v) is 4.88. The molecule has 0 aliphatic carbocycles. The Bertz CT molecular complexity index is 278. The van der Waals surface area contributed by atoms with Crippen LogP contribution in [-0.4, -0.2) is 73.3 Å². The summed E-state index contributed by atoms with van der Waals surface area (Å²) in [6, 6.07) is 0. The van der Waals surface area contributed by atoms with Gasteiger partial charge < -0.3 is 25.6 Å². The van der Waals surface area contributed by atoms with Crippen LogP contribution in [0.5, 0.6) is 0 Å². The van der Waals surface area contributed by atoms with E-state index in [0.717, 1.165) is 11.2 Å². The Morgan fingerprint density at radius 1 is 1.65 bits per heavy atom. The largest absolute Gasteiger partial charge is 0.394 e. The summed E-state index contributed by atoms with van der Waals surface area (Å²) >= 11 is 0. The summed E-state index contributed by atoms with van der Waals surface area (Å²) < 4.78 is 4.82. The van der Waals surface area contributed by atoms with Gasteiger partial charge in [0.2, 0.25) is 12.4 Å². The Morgan fingerprint density at radius 2 is 2.29 bits per heavy atom. The molecule has 2 atom stereocenters. The minimum atomic E-state index is -1.03. The molecule has 0 aliphatic rings. The normalized spacial score (nSPS) is 15.9. The summed E-state index contributed by atoms with van der Waals surface area (Å²) in [6.45, 7) is -0.414. The molecule has 4 N–H and O–H groups in total. The molecule has 98 valence electrons. The first-order chi connectivity index (χ1) is 8.08. The summed E-state index contributed by atoms with van der Waals surface area (Å²) in [5.41, 5.74) is 5.30. The third-order valence-corrected chi connectivity index (χ3v) is 2.01. The molecule has 8 heteroatoms. The van der Waals surface area contributed by atoms with Crippen molar-refractivity contribution in [3.8, 4) is 0 Å². The molecule has 0 spiro atoms. The maximum atomic E-state index is 10.7. The molecule has 0 fully saturated rings. The molecule has 0 aromatic carbocycles. The van der Waals surface area contributed by atoms with Crippen LogP contribution in [0.4, 0.5) is 0 Å². The fourth-order valence-electron chi connectivity index (χ4n) is 0.995. The lowest BCUT2D eigenvalue weighted by atomic mass is 10.2. The van der Waals surface area contributed by atoms with Gasteiger partial charge in [-0.2, -0.15) is 0 Å². The first kappa shape index (κ1) is 15.5. The highest BCUT2D eigenvalue weighted by Gasteiger charge is 2.19. The van der Waals surface area contributed by atoms with Crippen molar-refractivity contribution in [2.75, 3.05) is 27.3 Å². The number of hydrogen-bond donors (Lipinski definition) is 3. The molecule has 0 aliphatic heterocycles. The van der Waals surface area contributed by atoms with Crippen LogP contribution in [0.1, 0.15) is 0 Å². The van der Waals surface area contributed by atoms with E-state index in [1.165, 1.54) is 14.2 Å². The van der Waals surface area contributed by atoms with Gasteiger partial charge in [-0.25, -0.2) is 4.99 Å². The van der Waals surface area contributed by atoms with Crippen LogP contribution in [0, 0.1) is 0 Å². The lowest BCUT2D eigenvalue weighted by Crippen LogP contribution is -2.41. The van der Waals surface area contributed by atoms with Crippen LogP contribution in [0.3, 0.4) is 0 Å². The number of guanidine groups is 1. The Balaban J connectivity index is 4.39. The lowest BCUT2D eigenvalue weighted by molar-refractivity contribution is -0.117. The van der Waals surface area contributed by atoms with Gasteiger partial charge in [-0.15, -0.1) is 0 Å². The molecule has 17 heavy (non-hydrogen) atoms. The van der Waals surface area contributed by atoms with E-state index in [4.69, 9.17) is 15.6 Å². The van der Waals surface area contributed by atoms with Crippen LogP contribution >= 0.6 is 0 Å². The first-order valence-electron chi connectivity index (χ1n) is 4.88. The molecule has 0 radical (unpaired) electrons. The fourth-order valence-corrected chi connectivity index (χ4v) is 0.995. The zero-order chi connectivity index (χ0) is 13.3. The van der Waals surface area contributed by atoms with Crippen molar-refractivity contribution in [1.82, 2.24) is 4.90 Å². The van der Waals surface area contributed by atoms with Gasteiger partial charge in [0.05, 0.1) is 13.2 Å². The average Bonchev–Trinajstić information content (AvgIpc) is 2.35. The summed E-state index contributed by atoms with van der Waals surface area (Å²) in [6.07, 6.45) is -0.174. The summed E-state index contributed by atoms with van der Waals surface area (Å²) in [5.74, 6) is 0.0109. The van der Waals surface area contributed by atoms with Gasteiger partial charge in [0.1, 0.15) is 18.5 Å². The van der Waals surface area contributed by atoms with E-state index < -0.39 is 12.2 Å². The Labute approximate surface area is 99.4 Å². The topological polar surface area (TPSA) is 121 Å². The standard InChI is InChI=1S/C9H18N4O4/c1-11-9(10)12-5-13(6-15)3-7(16)8(4-14)17-2/h5-8,14,16H,3-4H2,1-2H3,(H2,10,11)/b12-5-. The molecule has 0 rings (SSSR count). The lowest BCUT2D eigenvalue weighted by Gasteiger charge is -2.22. The Morgan fingerprint density at radius 3 is 2.71 bits per heavy atom. The highest BCUT2D eigenvalue weighted by molar-refractivity contribution is 5.88. The van der Waals surface area contributed by atoms with Crippen molar-refractivity contribution in [3.05, 3.63) is 0 Å². The monoisotopic (exact) mass is 246 g/mol. The molecular weight excluding hydrogens is 228 g/mol. The number of nitrogens with two attached hydrogens (primary N) is 1. The molecule has 1 amide bonds. The zero-order valence-electron chi connectivity index (χ0n) is 9.85. The van der Waals surface area contributed by atoms with Gasteiger partial charge in [-0.3, -0.25) is 9.79 Å². The maximum absolute atomic E-state index is 10.7. The second kappa shape index (κ2) is 8.62. The van der Waals surface area contributed by atoms with E-state index in [1.807, 2.05) is 0 Å². The predicted molar refractivity (Wildman–Crippen MR) is 62.7 cm³/mol. The van der Waals surface area contributed by atoms with Crippen LogP contribution in [-0.2, 0) is 9.53 Å². The van der Waals surface area contributed by atoms with E-state index in [2.05, 4.69) is 9.98 Å². The van der Waals surface area contributed by atoms with Gasteiger partial charge in [0, 0.05) is 14.2 Å². The Hall–Kier alpha value is -1.51. The van der Waals surface area contributed by atoms with Gasteiger partial charge in [-0.1, -0.05) is 0 Å². The van der Waals surface area contributed by atoms with Crippen LogP contribution in [0.15, 0.2) is 9.98 Å². The molecule has 2 unspecified atom stereocenters. The van der Waals surface area contributed by atoms with E-state index in [0.29, 0.717) is 6.41 Å². The van der Waals surface area contributed by atoms with E-state index >= 15 is 0 Å². The van der Waals surface area contributed by atoms with E-state index in [9.17, 15) is 9.90 Å². The summed E-state index contributed by atoms with van der Waals surface area (Å²) in [7, 11) is 2.81. The maximum Gasteiger partial charge on any atom is 0.216 e. The van der Waals surface area contributed by atoms with Gasteiger partial charge in [0.25, 0.3) is 0 Å². The van der Waals surface area contributed by atoms with Crippen molar-refractivity contribution in [2.24, 2.45) is 15.7 Å². The minimum absolute atomic E-state index is 0.0109. The number of methoxy groups -OCH3 is 1. The molecule has 0 bridgehead atoms. The highest BCUT2D eigenvalue weighted by atomic mass is 16.5. The minimum Gasteiger partial charge on any atom is -0.394 e. The van der Waals surface area contributed by atoms with Gasteiger partial charge in [0.15, 0.2) is 0 Å². The quantitative estimate of drug-likeness (QED) is 0.267. The van der Waals surface area contributed by atoms with E-state index in [1.54, 1.807) is 0 Å². The summed E-state index contributed by atoms with van der Waals surface area (Å²) in [4.78, 5) is 19.0. The van der Waals surface area contributed by atoms with E-state index in [-0.39, 0.29) is 19.1 Å². The Kier molecular flexibility index (Phi) is 7.85. The molecule has 0 saturated carbocycles. The molecule has 8 nitrogen and oxygen atoms in total. The van der Waals surface area contributed by atoms with Crippen molar-refractivity contribution < 1.29 is 19.7 Å².